The molecule has 28 heavy (non-hydrogen) atoms. The first-order chi connectivity index (χ1) is 13.6. The Hall–Kier alpha value is -0.510. The molecule has 2 saturated heterocycles. The normalized spacial score (nSPS) is 27.1. The Kier molecular flexibility index (Phi) is 6.44. The zero-order chi connectivity index (χ0) is 19.6. The summed E-state index contributed by atoms with van der Waals surface area (Å²) in [5.74, 6) is 0. The highest BCUT2D eigenvalue weighted by molar-refractivity contribution is 7.91. The number of thiophene rings is 1. The van der Waals surface area contributed by atoms with Crippen molar-refractivity contribution in [3.63, 3.8) is 0 Å². The molecule has 0 radical (unpaired) electrons. The first-order valence-electron chi connectivity index (χ1n) is 10.5. The third-order valence-corrected chi connectivity index (χ3v) is 10.1. The lowest BCUT2D eigenvalue weighted by Crippen LogP contribution is -2.75. The third-order valence-electron chi connectivity index (χ3n) is 6.81. The Labute approximate surface area is 172 Å². The number of piperidine rings is 1. The predicted molar refractivity (Wildman–Crippen MR) is 110 cm³/mol. The molecule has 1 spiro atoms. The molecule has 2 aliphatic heterocycles. The van der Waals surface area contributed by atoms with Gasteiger partial charge in [-0.2, -0.15) is 4.31 Å². The molecular weight excluding hydrogens is 396 g/mol. The van der Waals surface area contributed by atoms with E-state index in [2.05, 4.69) is 4.90 Å². The zero-order valence-corrected chi connectivity index (χ0v) is 18.3. The van der Waals surface area contributed by atoms with Gasteiger partial charge in [-0.25, -0.2) is 8.42 Å². The topological polar surface area (TPSA) is 59.1 Å². The fraction of sp³-hybridized carbons (Fsp3) is 0.800. The molecule has 1 atom stereocenters. The number of rotatable bonds is 7. The fourth-order valence-electron chi connectivity index (χ4n) is 5.30. The van der Waals surface area contributed by atoms with Crippen molar-refractivity contribution in [2.75, 3.05) is 40.0 Å². The summed E-state index contributed by atoms with van der Waals surface area (Å²) in [4.78, 5) is 2.67. The molecule has 1 aliphatic carbocycles. The van der Waals surface area contributed by atoms with Crippen LogP contribution in [-0.2, 0) is 19.5 Å². The van der Waals surface area contributed by atoms with E-state index in [0.717, 1.165) is 19.4 Å². The van der Waals surface area contributed by atoms with E-state index in [-0.39, 0.29) is 5.54 Å². The highest BCUT2D eigenvalue weighted by Gasteiger charge is 2.56. The van der Waals surface area contributed by atoms with Gasteiger partial charge in [0.2, 0.25) is 0 Å². The van der Waals surface area contributed by atoms with Crippen LogP contribution in [0.3, 0.4) is 0 Å². The lowest BCUT2D eigenvalue weighted by Gasteiger charge is -2.63. The summed E-state index contributed by atoms with van der Waals surface area (Å²) in [6, 6.07) is 3.98. The van der Waals surface area contributed by atoms with Crippen LogP contribution in [0.1, 0.15) is 44.9 Å². The van der Waals surface area contributed by atoms with Gasteiger partial charge in [-0.1, -0.05) is 25.3 Å². The second-order valence-corrected chi connectivity index (χ2v) is 11.3. The van der Waals surface area contributed by atoms with Crippen molar-refractivity contribution < 1.29 is 17.9 Å². The molecule has 1 saturated carbocycles. The summed E-state index contributed by atoms with van der Waals surface area (Å²) in [6.45, 7) is 3.52. The summed E-state index contributed by atoms with van der Waals surface area (Å²) >= 11 is 1.31. The van der Waals surface area contributed by atoms with Gasteiger partial charge in [0.1, 0.15) is 4.21 Å². The Bertz CT molecular complexity index is 723. The van der Waals surface area contributed by atoms with E-state index in [1.807, 2.05) is 5.38 Å². The van der Waals surface area contributed by atoms with E-state index in [1.54, 1.807) is 23.5 Å². The molecule has 6 nitrogen and oxygen atoms in total. The summed E-state index contributed by atoms with van der Waals surface area (Å²) in [6.07, 6.45) is 8.40. The van der Waals surface area contributed by atoms with Crippen molar-refractivity contribution in [3.8, 4) is 0 Å². The molecule has 0 bridgehead atoms. The highest BCUT2D eigenvalue weighted by Crippen LogP contribution is 2.47. The SMILES string of the molecule is COCCOC1CN(C2CCN(S(=O)(=O)c3cccs3)CC2)C12CCCCC2. The van der Waals surface area contributed by atoms with Crippen molar-refractivity contribution in [2.45, 2.75) is 66.8 Å². The minimum Gasteiger partial charge on any atom is -0.382 e. The molecule has 0 aromatic carbocycles. The van der Waals surface area contributed by atoms with E-state index < -0.39 is 10.0 Å². The average molecular weight is 429 g/mol. The van der Waals surface area contributed by atoms with Crippen LogP contribution in [0, 0.1) is 0 Å². The lowest BCUT2D eigenvalue weighted by molar-refractivity contribution is -0.203. The second kappa shape index (κ2) is 8.70. The molecule has 1 aromatic heterocycles. The first kappa shape index (κ1) is 20.8. The van der Waals surface area contributed by atoms with Gasteiger partial charge in [0.05, 0.1) is 19.3 Å². The van der Waals surface area contributed by atoms with E-state index in [1.165, 1.54) is 43.4 Å². The number of likely N-dealkylation sites (tertiary alicyclic amines) is 1. The standard InChI is InChI=1S/C20H32N2O4S2/c1-25-13-14-26-18-16-22(20(18)9-3-2-4-10-20)17-7-11-21(12-8-17)28(23,24)19-6-5-15-27-19/h5-6,15,17-18H,2-4,7-14,16H2,1H3. The molecule has 0 N–H and O–H groups in total. The summed E-state index contributed by atoms with van der Waals surface area (Å²) < 4.78 is 39.1. The number of nitrogens with zero attached hydrogens (tertiary/aromatic N) is 2. The third kappa shape index (κ3) is 3.79. The average Bonchev–Trinajstić information content (AvgIpc) is 3.27. The quantitative estimate of drug-likeness (QED) is 0.625. The van der Waals surface area contributed by atoms with E-state index in [4.69, 9.17) is 9.47 Å². The largest absolute Gasteiger partial charge is 0.382 e. The maximum Gasteiger partial charge on any atom is 0.252 e. The van der Waals surface area contributed by atoms with Crippen molar-refractivity contribution in [1.29, 1.82) is 0 Å². The number of methoxy groups -OCH3 is 1. The Balaban J connectivity index is 1.38. The lowest BCUT2D eigenvalue weighted by atomic mass is 9.69. The van der Waals surface area contributed by atoms with Crippen molar-refractivity contribution in [3.05, 3.63) is 17.5 Å². The van der Waals surface area contributed by atoms with E-state index in [9.17, 15) is 8.42 Å². The molecule has 1 aromatic rings. The maximum absolute atomic E-state index is 12.8. The van der Waals surface area contributed by atoms with Gasteiger partial charge >= 0.3 is 0 Å². The van der Waals surface area contributed by atoms with Crippen LogP contribution in [-0.4, -0.2) is 75.3 Å². The fourth-order valence-corrected chi connectivity index (χ4v) is 7.92. The number of sulfonamides is 1. The molecule has 3 heterocycles. The Morgan fingerprint density at radius 3 is 2.57 bits per heavy atom. The smallest absolute Gasteiger partial charge is 0.252 e. The van der Waals surface area contributed by atoms with Gasteiger partial charge in [-0.3, -0.25) is 4.90 Å². The maximum atomic E-state index is 12.8. The summed E-state index contributed by atoms with van der Waals surface area (Å²) in [5.41, 5.74) is 0.172. The van der Waals surface area contributed by atoms with Crippen LogP contribution in [0.5, 0.6) is 0 Å². The summed E-state index contributed by atoms with van der Waals surface area (Å²) in [7, 11) is -1.61. The minimum absolute atomic E-state index is 0.172. The van der Waals surface area contributed by atoms with E-state index in [0.29, 0.717) is 42.7 Å². The van der Waals surface area contributed by atoms with Gasteiger partial charge in [-0.15, -0.1) is 11.3 Å². The van der Waals surface area contributed by atoms with Crippen LogP contribution < -0.4 is 0 Å². The molecule has 3 fully saturated rings. The molecule has 3 aliphatic rings. The highest BCUT2D eigenvalue weighted by atomic mass is 32.2. The molecular formula is C20H32N2O4S2. The van der Waals surface area contributed by atoms with Crippen LogP contribution in [0.2, 0.25) is 0 Å². The predicted octanol–water partition coefficient (Wildman–Crippen LogP) is 2.95. The van der Waals surface area contributed by atoms with Crippen molar-refractivity contribution in [2.24, 2.45) is 0 Å². The van der Waals surface area contributed by atoms with Crippen LogP contribution in [0.4, 0.5) is 0 Å². The van der Waals surface area contributed by atoms with Crippen molar-refractivity contribution >= 4 is 21.4 Å². The molecule has 0 amide bonds. The van der Waals surface area contributed by atoms with Crippen LogP contribution in [0.25, 0.3) is 0 Å². The zero-order valence-electron chi connectivity index (χ0n) is 16.7. The van der Waals surface area contributed by atoms with Crippen LogP contribution in [0.15, 0.2) is 21.7 Å². The Morgan fingerprint density at radius 1 is 1.18 bits per heavy atom. The van der Waals surface area contributed by atoms with Gasteiger partial charge < -0.3 is 9.47 Å². The number of ether oxygens (including phenoxy) is 2. The second-order valence-electron chi connectivity index (χ2n) is 8.24. The van der Waals surface area contributed by atoms with Crippen molar-refractivity contribution in [1.82, 2.24) is 9.21 Å². The number of hydrogen-bond donors (Lipinski definition) is 0. The molecule has 8 heteroatoms. The first-order valence-corrected chi connectivity index (χ1v) is 12.8. The molecule has 4 rings (SSSR count). The van der Waals surface area contributed by atoms with Gasteiger partial charge in [0.25, 0.3) is 10.0 Å². The van der Waals surface area contributed by atoms with Crippen LogP contribution >= 0.6 is 11.3 Å². The monoisotopic (exact) mass is 428 g/mol. The van der Waals surface area contributed by atoms with Gasteiger partial charge in [-0.05, 0) is 37.1 Å². The van der Waals surface area contributed by atoms with Gasteiger partial charge in [0.15, 0.2) is 0 Å². The molecule has 158 valence electrons. The number of hydrogen-bond acceptors (Lipinski definition) is 6. The molecule has 1 unspecified atom stereocenters. The Morgan fingerprint density at radius 2 is 1.93 bits per heavy atom. The van der Waals surface area contributed by atoms with E-state index >= 15 is 0 Å². The summed E-state index contributed by atoms with van der Waals surface area (Å²) in [5, 5.41) is 1.83. The van der Waals surface area contributed by atoms with Gasteiger partial charge in [0, 0.05) is 38.3 Å². The minimum atomic E-state index is -3.32.